The van der Waals surface area contributed by atoms with Crippen LogP contribution in [0.2, 0.25) is 0 Å². The van der Waals surface area contributed by atoms with Gasteiger partial charge in [0.1, 0.15) is 0 Å². The molecule has 130 valence electrons. The van der Waals surface area contributed by atoms with Crippen molar-refractivity contribution in [3.05, 3.63) is 46.2 Å². The van der Waals surface area contributed by atoms with Crippen molar-refractivity contribution >= 4 is 0 Å². The van der Waals surface area contributed by atoms with Gasteiger partial charge in [-0.1, -0.05) is 6.07 Å². The normalized spacial score (nSPS) is 11.3. The van der Waals surface area contributed by atoms with E-state index in [1.165, 1.54) is 23.9 Å². The fourth-order valence-corrected chi connectivity index (χ4v) is 2.50. The number of methoxy groups -OCH3 is 1. The minimum atomic E-state index is -3.35. The van der Waals surface area contributed by atoms with E-state index in [2.05, 4.69) is 4.74 Å². The van der Waals surface area contributed by atoms with Gasteiger partial charge in [-0.2, -0.15) is 8.78 Å². The predicted molar refractivity (Wildman–Crippen MR) is 88.7 cm³/mol. The van der Waals surface area contributed by atoms with Gasteiger partial charge in [0, 0.05) is 32.6 Å². The molecule has 0 bridgehead atoms. The standard InChI is InChI=1S/C17H20F2N2O3/c1-11-9-13(21(20(3)4)15(22)10-11)12-7-6-8-14(16(12)23-5)24-17(2,18)19/h6-10H,1-5H3. The smallest absolute Gasteiger partial charge is 0.395 e. The lowest BCUT2D eigenvalue weighted by Crippen LogP contribution is -2.37. The number of ether oxygens (including phenoxy) is 2. The van der Waals surface area contributed by atoms with Crippen molar-refractivity contribution in [3.63, 3.8) is 0 Å². The third-order valence-electron chi connectivity index (χ3n) is 3.30. The number of hydrogen-bond acceptors (Lipinski definition) is 4. The Kier molecular flexibility index (Phi) is 4.82. The number of nitrogens with zero attached hydrogens (tertiary/aromatic N) is 2. The molecule has 0 saturated carbocycles. The highest BCUT2D eigenvalue weighted by Gasteiger charge is 2.26. The summed E-state index contributed by atoms with van der Waals surface area (Å²) in [6, 6.07) is 7.94. The molecule has 1 aromatic heterocycles. The molecule has 0 radical (unpaired) electrons. The van der Waals surface area contributed by atoms with Gasteiger partial charge in [-0.25, -0.2) is 4.68 Å². The summed E-state index contributed by atoms with van der Waals surface area (Å²) in [5.41, 5.74) is 1.52. The van der Waals surface area contributed by atoms with E-state index >= 15 is 0 Å². The molecule has 2 rings (SSSR count). The molecule has 1 heterocycles. The van der Waals surface area contributed by atoms with Gasteiger partial charge in [-0.3, -0.25) is 4.79 Å². The van der Waals surface area contributed by atoms with Crippen LogP contribution in [-0.2, 0) is 0 Å². The molecule has 2 aromatic rings. The molecule has 0 fully saturated rings. The highest BCUT2D eigenvalue weighted by molar-refractivity contribution is 5.72. The maximum atomic E-state index is 13.3. The Morgan fingerprint density at radius 3 is 2.42 bits per heavy atom. The molecule has 1 aromatic carbocycles. The van der Waals surface area contributed by atoms with Crippen molar-refractivity contribution in [2.45, 2.75) is 20.0 Å². The highest BCUT2D eigenvalue weighted by atomic mass is 19.3. The predicted octanol–water partition coefficient (Wildman–Crippen LogP) is 3.02. The Morgan fingerprint density at radius 2 is 1.88 bits per heavy atom. The monoisotopic (exact) mass is 338 g/mol. The highest BCUT2D eigenvalue weighted by Crippen LogP contribution is 2.39. The third kappa shape index (κ3) is 3.67. The van der Waals surface area contributed by atoms with Crippen molar-refractivity contribution in [1.29, 1.82) is 0 Å². The lowest BCUT2D eigenvalue weighted by Gasteiger charge is -2.23. The Labute approximate surface area is 139 Å². The van der Waals surface area contributed by atoms with Crippen LogP contribution in [0.3, 0.4) is 0 Å². The average molecular weight is 338 g/mol. The number of alkyl halides is 2. The molecular weight excluding hydrogens is 318 g/mol. The number of hydrogen-bond donors (Lipinski definition) is 0. The third-order valence-corrected chi connectivity index (χ3v) is 3.30. The zero-order valence-corrected chi connectivity index (χ0v) is 14.3. The first-order valence-corrected chi connectivity index (χ1v) is 7.29. The zero-order chi connectivity index (χ0) is 18.1. The minimum absolute atomic E-state index is 0.0956. The zero-order valence-electron chi connectivity index (χ0n) is 14.3. The molecule has 0 unspecified atom stereocenters. The van der Waals surface area contributed by atoms with Crippen LogP contribution in [0.4, 0.5) is 8.78 Å². The Morgan fingerprint density at radius 1 is 1.21 bits per heavy atom. The van der Waals surface area contributed by atoms with Crippen LogP contribution in [0.15, 0.2) is 35.1 Å². The van der Waals surface area contributed by atoms with Crippen LogP contribution in [0.1, 0.15) is 12.5 Å². The molecule has 24 heavy (non-hydrogen) atoms. The van der Waals surface area contributed by atoms with Crippen molar-refractivity contribution in [3.8, 4) is 22.8 Å². The van der Waals surface area contributed by atoms with Gasteiger partial charge in [-0.05, 0) is 30.7 Å². The summed E-state index contributed by atoms with van der Waals surface area (Å²) in [5.74, 6) is 0.0430. The lowest BCUT2D eigenvalue weighted by molar-refractivity contribution is -0.159. The molecular formula is C17H20F2N2O3. The Bertz CT molecular complexity index is 795. The van der Waals surface area contributed by atoms with Gasteiger partial charge in [0.05, 0.1) is 12.8 Å². The molecule has 0 aliphatic carbocycles. The first-order chi connectivity index (χ1) is 11.1. The maximum Gasteiger partial charge on any atom is 0.395 e. The van der Waals surface area contributed by atoms with Gasteiger partial charge in [-0.15, -0.1) is 0 Å². The molecule has 0 atom stereocenters. The van der Waals surface area contributed by atoms with Crippen LogP contribution in [0.5, 0.6) is 11.5 Å². The van der Waals surface area contributed by atoms with E-state index in [1.807, 2.05) is 0 Å². The van der Waals surface area contributed by atoms with Crippen molar-refractivity contribution in [2.75, 3.05) is 26.2 Å². The van der Waals surface area contributed by atoms with Crippen molar-refractivity contribution < 1.29 is 18.3 Å². The van der Waals surface area contributed by atoms with E-state index in [9.17, 15) is 13.6 Å². The average Bonchev–Trinajstić information content (AvgIpc) is 2.43. The second kappa shape index (κ2) is 6.51. The summed E-state index contributed by atoms with van der Waals surface area (Å²) in [5, 5.41) is 1.61. The summed E-state index contributed by atoms with van der Waals surface area (Å²) >= 11 is 0. The van der Waals surface area contributed by atoms with Crippen LogP contribution in [0.25, 0.3) is 11.3 Å². The summed E-state index contributed by atoms with van der Waals surface area (Å²) in [4.78, 5) is 12.3. The summed E-state index contributed by atoms with van der Waals surface area (Å²) in [6.45, 7) is 2.44. The Balaban J connectivity index is 2.74. The van der Waals surface area contributed by atoms with Gasteiger partial charge >= 0.3 is 6.11 Å². The van der Waals surface area contributed by atoms with E-state index in [-0.39, 0.29) is 17.1 Å². The molecule has 0 aliphatic heterocycles. The van der Waals surface area contributed by atoms with Gasteiger partial charge in [0.15, 0.2) is 11.5 Å². The number of pyridine rings is 1. The summed E-state index contributed by atoms with van der Waals surface area (Å²) in [6.07, 6.45) is -3.35. The minimum Gasteiger partial charge on any atom is -0.492 e. The number of benzene rings is 1. The molecule has 0 amide bonds. The second-order valence-corrected chi connectivity index (χ2v) is 5.66. The van der Waals surface area contributed by atoms with Crippen molar-refractivity contribution in [2.24, 2.45) is 0 Å². The first-order valence-electron chi connectivity index (χ1n) is 7.29. The topological polar surface area (TPSA) is 43.7 Å². The van der Waals surface area contributed by atoms with Crippen LogP contribution >= 0.6 is 0 Å². The van der Waals surface area contributed by atoms with E-state index in [0.717, 1.165) is 5.56 Å². The first kappa shape index (κ1) is 17.8. The quantitative estimate of drug-likeness (QED) is 0.841. The van der Waals surface area contributed by atoms with Crippen molar-refractivity contribution in [1.82, 2.24) is 4.68 Å². The van der Waals surface area contributed by atoms with Crippen LogP contribution in [0, 0.1) is 6.92 Å². The van der Waals surface area contributed by atoms with E-state index < -0.39 is 6.11 Å². The number of aryl methyl sites for hydroxylation is 1. The number of rotatable bonds is 5. The largest absolute Gasteiger partial charge is 0.492 e. The van der Waals surface area contributed by atoms with Crippen LogP contribution < -0.4 is 20.0 Å². The van der Waals surface area contributed by atoms with Gasteiger partial charge in [0.2, 0.25) is 0 Å². The number of aromatic nitrogens is 1. The molecule has 5 nitrogen and oxygen atoms in total. The second-order valence-electron chi connectivity index (χ2n) is 5.66. The van der Waals surface area contributed by atoms with Gasteiger partial charge in [0.25, 0.3) is 5.56 Å². The van der Waals surface area contributed by atoms with E-state index in [0.29, 0.717) is 18.2 Å². The number of halogens is 2. The van der Waals surface area contributed by atoms with Crippen LogP contribution in [-0.4, -0.2) is 32.0 Å². The van der Waals surface area contributed by atoms with E-state index in [4.69, 9.17) is 4.74 Å². The molecule has 0 saturated heterocycles. The molecule has 0 aliphatic rings. The summed E-state index contributed by atoms with van der Waals surface area (Å²) < 4.78 is 37.9. The SMILES string of the molecule is COc1c(OC(C)(F)F)cccc1-c1cc(C)cc(=O)n1N(C)C. The number of para-hydroxylation sites is 1. The molecule has 0 spiro atoms. The van der Waals surface area contributed by atoms with E-state index in [1.54, 1.807) is 44.2 Å². The molecule has 7 heteroatoms. The summed E-state index contributed by atoms with van der Waals surface area (Å²) in [7, 11) is 4.80. The Hall–Kier alpha value is -2.57. The van der Waals surface area contributed by atoms with Gasteiger partial charge < -0.3 is 14.5 Å². The maximum absolute atomic E-state index is 13.3. The molecule has 0 N–H and O–H groups in total. The fraction of sp³-hybridized carbons (Fsp3) is 0.353. The lowest BCUT2D eigenvalue weighted by atomic mass is 10.1. The fourth-order valence-electron chi connectivity index (χ4n) is 2.50.